The minimum atomic E-state index is 0. The summed E-state index contributed by atoms with van der Waals surface area (Å²) < 4.78 is 4.83. The Morgan fingerprint density at radius 1 is 1.19 bits per heavy atom. The Labute approximate surface area is 129 Å². The molecule has 2 N–H and O–H groups in total. The van der Waals surface area contributed by atoms with E-state index in [4.69, 9.17) is 10.1 Å². The zero-order valence-electron chi connectivity index (χ0n) is 11.7. The normalized spacial score (nSPS) is 13.2. The summed E-state index contributed by atoms with van der Waals surface area (Å²) in [6.07, 6.45) is 5.19. The molecule has 21 heavy (non-hydrogen) atoms. The van der Waals surface area contributed by atoms with Crippen molar-refractivity contribution in [3.8, 4) is 0 Å². The van der Waals surface area contributed by atoms with Crippen molar-refractivity contribution in [3.05, 3.63) is 53.3 Å². The van der Waals surface area contributed by atoms with Gasteiger partial charge >= 0.3 is 0 Å². The summed E-state index contributed by atoms with van der Waals surface area (Å²) in [5.74, 6) is 0.667. The van der Waals surface area contributed by atoms with Gasteiger partial charge in [0, 0.05) is 18.4 Å². The molecule has 1 aromatic heterocycles. The molecule has 0 saturated carbocycles. The Morgan fingerprint density at radius 2 is 1.76 bits per heavy atom. The second-order valence-corrected chi connectivity index (χ2v) is 4.85. The van der Waals surface area contributed by atoms with Crippen LogP contribution in [0.1, 0.15) is 16.7 Å². The Kier molecular flexibility index (Phi) is 4.75. The predicted molar refractivity (Wildman–Crippen MR) is 84.4 cm³/mol. The van der Waals surface area contributed by atoms with Gasteiger partial charge in [-0.15, -0.1) is 12.4 Å². The van der Waals surface area contributed by atoms with Crippen molar-refractivity contribution in [1.29, 1.82) is 5.41 Å². The van der Waals surface area contributed by atoms with Gasteiger partial charge in [-0.1, -0.05) is 24.3 Å². The molecule has 0 bridgehead atoms. The Balaban J connectivity index is 0.00000161. The van der Waals surface area contributed by atoms with Crippen LogP contribution in [0.15, 0.2) is 36.7 Å². The van der Waals surface area contributed by atoms with Crippen LogP contribution in [0, 0.1) is 5.41 Å². The minimum absolute atomic E-state index is 0. The van der Waals surface area contributed by atoms with Crippen molar-refractivity contribution < 1.29 is 4.74 Å². The van der Waals surface area contributed by atoms with Gasteiger partial charge < -0.3 is 10.1 Å². The van der Waals surface area contributed by atoms with E-state index in [2.05, 4.69) is 39.6 Å². The maximum absolute atomic E-state index is 7.54. The maximum atomic E-state index is 7.54. The molecular weight excluding hydrogens is 288 g/mol. The fraction of sp³-hybridized carbons (Fsp3) is 0.267. The van der Waals surface area contributed by atoms with Crippen molar-refractivity contribution in [2.45, 2.75) is 18.9 Å². The van der Waals surface area contributed by atoms with Crippen LogP contribution in [0.25, 0.3) is 0 Å². The number of nitrogens with zero attached hydrogens (tertiary/aromatic N) is 2. The number of anilines is 1. The van der Waals surface area contributed by atoms with E-state index < -0.39 is 0 Å². The second-order valence-electron chi connectivity index (χ2n) is 4.85. The highest BCUT2D eigenvalue weighted by atomic mass is 35.5. The molecule has 110 valence electrons. The fourth-order valence-electron chi connectivity index (χ4n) is 2.48. The molecule has 0 fully saturated rings. The van der Waals surface area contributed by atoms with Gasteiger partial charge in [0.15, 0.2) is 0 Å². The largest absolute Gasteiger partial charge is 0.481 e. The third kappa shape index (κ3) is 3.31. The van der Waals surface area contributed by atoms with E-state index in [9.17, 15) is 0 Å². The highest BCUT2D eigenvalue weighted by Crippen LogP contribution is 2.23. The molecule has 0 unspecified atom stereocenters. The lowest BCUT2D eigenvalue weighted by Crippen LogP contribution is -2.21. The fourth-order valence-corrected chi connectivity index (χ4v) is 2.48. The van der Waals surface area contributed by atoms with Crippen molar-refractivity contribution in [1.82, 2.24) is 9.97 Å². The van der Waals surface area contributed by atoms with E-state index in [0.29, 0.717) is 17.6 Å². The molecular formula is C15H17ClN4O. The zero-order valence-corrected chi connectivity index (χ0v) is 12.5. The highest BCUT2D eigenvalue weighted by molar-refractivity contribution is 5.90. The van der Waals surface area contributed by atoms with Gasteiger partial charge in [0.05, 0.1) is 12.7 Å². The minimum Gasteiger partial charge on any atom is -0.481 e. The van der Waals surface area contributed by atoms with E-state index in [1.807, 2.05) is 0 Å². The molecule has 3 rings (SSSR count). The molecule has 0 spiro atoms. The van der Waals surface area contributed by atoms with Crippen molar-refractivity contribution in [2.75, 3.05) is 12.4 Å². The topological polar surface area (TPSA) is 70.9 Å². The van der Waals surface area contributed by atoms with Crippen LogP contribution in [0.4, 0.5) is 5.95 Å². The zero-order chi connectivity index (χ0) is 13.9. The molecule has 0 aliphatic heterocycles. The van der Waals surface area contributed by atoms with Crippen LogP contribution >= 0.6 is 12.4 Å². The summed E-state index contributed by atoms with van der Waals surface area (Å²) in [7, 11) is 1.46. The quantitative estimate of drug-likeness (QED) is 0.675. The van der Waals surface area contributed by atoms with Crippen LogP contribution in [-0.4, -0.2) is 29.0 Å². The molecule has 0 amide bonds. The predicted octanol–water partition coefficient (Wildman–Crippen LogP) is 2.45. The summed E-state index contributed by atoms with van der Waals surface area (Å²) in [4.78, 5) is 8.46. The van der Waals surface area contributed by atoms with Crippen LogP contribution in [0.2, 0.25) is 0 Å². The van der Waals surface area contributed by atoms with Crippen LogP contribution < -0.4 is 5.32 Å². The molecule has 0 atom stereocenters. The molecule has 1 aliphatic carbocycles. The summed E-state index contributed by atoms with van der Waals surface area (Å²) in [6, 6.07) is 8.81. The third-order valence-electron chi connectivity index (χ3n) is 3.50. The molecule has 5 nitrogen and oxygen atoms in total. The number of halogens is 1. The van der Waals surface area contributed by atoms with Gasteiger partial charge in [0.1, 0.15) is 0 Å². The smallest absolute Gasteiger partial charge is 0.222 e. The number of hydrogen-bond donors (Lipinski definition) is 2. The molecule has 1 aliphatic rings. The van der Waals surface area contributed by atoms with Crippen LogP contribution in [0.5, 0.6) is 0 Å². The first-order valence-electron chi connectivity index (χ1n) is 6.54. The number of benzene rings is 1. The van der Waals surface area contributed by atoms with Gasteiger partial charge in [-0.25, -0.2) is 9.97 Å². The summed E-state index contributed by atoms with van der Waals surface area (Å²) in [6.45, 7) is 0. The van der Waals surface area contributed by atoms with Gasteiger partial charge in [0.2, 0.25) is 11.8 Å². The Hall–Kier alpha value is -2.14. The first kappa shape index (κ1) is 15.3. The van der Waals surface area contributed by atoms with E-state index in [0.717, 1.165) is 12.8 Å². The summed E-state index contributed by atoms with van der Waals surface area (Å²) in [5, 5.41) is 10.9. The second kappa shape index (κ2) is 6.54. The molecule has 2 aromatic rings. The number of fused-ring (bicyclic) bond motifs is 1. The number of nitrogens with one attached hydrogen (secondary N) is 2. The first-order chi connectivity index (χ1) is 9.76. The standard InChI is InChI=1S/C15H16N4O.ClH/c1-20-14(16)12-8-17-15(18-9-12)19-13-6-10-4-2-3-5-11(10)7-13;/h2-5,8-9,13,16H,6-7H2,1H3,(H,17,18,19);1H. The van der Waals surface area contributed by atoms with Crippen molar-refractivity contribution in [3.63, 3.8) is 0 Å². The van der Waals surface area contributed by atoms with Gasteiger partial charge in [0.25, 0.3) is 0 Å². The Bertz CT molecular complexity index is 605. The molecule has 1 heterocycles. The van der Waals surface area contributed by atoms with Crippen LogP contribution in [-0.2, 0) is 17.6 Å². The molecule has 0 saturated heterocycles. The van der Waals surface area contributed by atoms with E-state index >= 15 is 0 Å². The van der Waals surface area contributed by atoms with Crippen LogP contribution in [0.3, 0.4) is 0 Å². The van der Waals surface area contributed by atoms with Crippen molar-refractivity contribution >= 4 is 24.3 Å². The Morgan fingerprint density at radius 3 is 2.29 bits per heavy atom. The highest BCUT2D eigenvalue weighted by Gasteiger charge is 2.21. The van der Waals surface area contributed by atoms with Gasteiger partial charge in [-0.05, 0) is 24.0 Å². The van der Waals surface area contributed by atoms with E-state index in [1.165, 1.54) is 18.2 Å². The third-order valence-corrected chi connectivity index (χ3v) is 3.50. The number of methoxy groups -OCH3 is 1. The van der Waals surface area contributed by atoms with E-state index in [-0.39, 0.29) is 18.3 Å². The number of rotatable bonds is 3. The maximum Gasteiger partial charge on any atom is 0.222 e. The SMILES string of the molecule is COC(=N)c1cnc(NC2Cc3ccccc3C2)nc1.Cl. The lowest BCUT2D eigenvalue weighted by molar-refractivity contribution is 0.401. The monoisotopic (exact) mass is 304 g/mol. The van der Waals surface area contributed by atoms with Crippen molar-refractivity contribution in [2.24, 2.45) is 0 Å². The summed E-state index contributed by atoms with van der Waals surface area (Å²) >= 11 is 0. The lowest BCUT2D eigenvalue weighted by atomic mass is 10.1. The number of hydrogen-bond acceptors (Lipinski definition) is 5. The average Bonchev–Trinajstić information content (AvgIpc) is 2.89. The molecule has 0 radical (unpaired) electrons. The van der Waals surface area contributed by atoms with E-state index in [1.54, 1.807) is 12.4 Å². The first-order valence-corrected chi connectivity index (χ1v) is 6.54. The van der Waals surface area contributed by atoms with Gasteiger partial charge in [-0.2, -0.15) is 0 Å². The molecule has 6 heteroatoms. The molecule has 1 aromatic carbocycles. The van der Waals surface area contributed by atoms with Gasteiger partial charge in [-0.3, -0.25) is 5.41 Å². The number of aromatic nitrogens is 2. The average molecular weight is 305 g/mol. The number of ether oxygens (including phenoxy) is 1. The lowest BCUT2D eigenvalue weighted by Gasteiger charge is -2.11. The summed E-state index contributed by atoms with van der Waals surface area (Å²) in [5.41, 5.74) is 3.36.